The van der Waals surface area contributed by atoms with Crippen molar-refractivity contribution in [3.8, 4) is 11.3 Å². The molecule has 0 unspecified atom stereocenters. The van der Waals surface area contributed by atoms with Gasteiger partial charge in [0.05, 0.1) is 27.5 Å². The minimum absolute atomic E-state index is 0.0519. The summed E-state index contributed by atoms with van der Waals surface area (Å²) in [7, 11) is 1.83. The molecule has 0 aliphatic carbocycles. The number of piperazine rings is 1. The number of anilines is 4. The Morgan fingerprint density at radius 1 is 1.21 bits per heavy atom. The molecule has 4 N–H and O–H groups in total. The van der Waals surface area contributed by atoms with Crippen LogP contribution in [0.25, 0.3) is 22.2 Å². The number of carbonyl (C=O) groups excluding carboxylic acids is 1. The van der Waals surface area contributed by atoms with Gasteiger partial charge in [-0.3, -0.25) is 9.58 Å². The van der Waals surface area contributed by atoms with E-state index >= 15 is 0 Å². The van der Waals surface area contributed by atoms with E-state index in [4.69, 9.17) is 5.73 Å². The molecule has 198 valence electrons. The molecule has 12 heteroatoms. The Hall–Kier alpha value is -3.90. The normalized spacial score (nSPS) is 16.1. The molecule has 1 aliphatic rings. The molecular weight excluding hydrogens is 505 g/mol. The van der Waals surface area contributed by atoms with Gasteiger partial charge >= 0.3 is 6.03 Å². The van der Waals surface area contributed by atoms with Crippen LogP contribution in [0, 0.1) is 5.82 Å². The van der Waals surface area contributed by atoms with Crippen LogP contribution in [-0.4, -0.2) is 67.8 Å². The summed E-state index contributed by atoms with van der Waals surface area (Å²) in [5.41, 5.74) is 8.75. The van der Waals surface area contributed by atoms with Crippen molar-refractivity contribution in [2.75, 3.05) is 42.5 Å². The first kappa shape index (κ1) is 25.7. The third-order valence-corrected chi connectivity index (χ3v) is 7.28. The third-order valence-electron chi connectivity index (χ3n) is 6.83. The van der Waals surface area contributed by atoms with Gasteiger partial charge in [-0.25, -0.2) is 19.2 Å². The number of aryl methyl sites for hydroxylation is 1. The summed E-state index contributed by atoms with van der Waals surface area (Å²) >= 11 is 4.16. The van der Waals surface area contributed by atoms with Crippen LogP contribution in [0.3, 0.4) is 0 Å². The average molecular weight is 536 g/mol. The molecule has 1 atom stereocenters. The van der Waals surface area contributed by atoms with E-state index in [9.17, 15) is 9.18 Å². The highest BCUT2D eigenvalue weighted by atomic mass is 32.1. The van der Waals surface area contributed by atoms with Crippen molar-refractivity contribution in [3.05, 3.63) is 48.7 Å². The smallest absolute Gasteiger partial charge is 0.322 e. The molecule has 3 heterocycles. The summed E-state index contributed by atoms with van der Waals surface area (Å²) in [6.45, 7) is 7.39. The average Bonchev–Trinajstić information content (AvgIpc) is 3.34. The highest BCUT2D eigenvalue weighted by Crippen LogP contribution is 2.35. The van der Waals surface area contributed by atoms with Gasteiger partial charge in [-0.1, -0.05) is 6.92 Å². The summed E-state index contributed by atoms with van der Waals surface area (Å²) in [6.07, 6.45) is 3.24. The fraction of sp³-hybridized carbons (Fsp3) is 0.308. The molecule has 1 fully saturated rings. The largest absolute Gasteiger partial charge is 0.398 e. The van der Waals surface area contributed by atoms with Crippen LogP contribution in [0.15, 0.2) is 47.8 Å². The number of nitrogens with two attached hydrogens (primary N) is 1. The summed E-state index contributed by atoms with van der Waals surface area (Å²) in [6, 6.07) is 8.48. The highest BCUT2D eigenvalue weighted by Gasteiger charge is 2.27. The van der Waals surface area contributed by atoms with Gasteiger partial charge in [-0.15, -0.1) is 12.6 Å². The maximum atomic E-state index is 14.8. The van der Waals surface area contributed by atoms with Gasteiger partial charge in [0.1, 0.15) is 12.1 Å². The molecule has 1 saturated heterocycles. The SMILES string of the molecule is CCN1CCN(C(=O)Nc2cc3c(Nc4ccc(N)c(S)c4F)ncnc3cc2-c2ccn(C)n2)[C@@H](C)C1. The number of hydrogen-bond acceptors (Lipinski definition) is 8. The molecule has 10 nitrogen and oxygen atoms in total. The van der Waals surface area contributed by atoms with E-state index in [1.54, 1.807) is 16.8 Å². The first-order valence-corrected chi connectivity index (χ1v) is 12.8. The van der Waals surface area contributed by atoms with E-state index in [-0.39, 0.29) is 28.3 Å². The van der Waals surface area contributed by atoms with E-state index in [1.807, 2.05) is 37.2 Å². The van der Waals surface area contributed by atoms with Crippen LogP contribution in [0.4, 0.5) is 32.1 Å². The Balaban J connectivity index is 1.55. The molecule has 2 amide bonds. The molecule has 1 aliphatic heterocycles. The van der Waals surface area contributed by atoms with Gasteiger partial charge in [-0.2, -0.15) is 5.10 Å². The number of aromatic nitrogens is 4. The van der Waals surface area contributed by atoms with Crippen LogP contribution in [0.2, 0.25) is 0 Å². The number of fused-ring (bicyclic) bond motifs is 1. The van der Waals surface area contributed by atoms with Gasteiger partial charge in [0, 0.05) is 55.6 Å². The Bertz CT molecular complexity index is 1510. The fourth-order valence-corrected chi connectivity index (χ4v) is 4.88. The second-order valence-corrected chi connectivity index (χ2v) is 9.81. The second kappa shape index (κ2) is 10.5. The fourth-order valence-electron chi connectivity index (χ4n) is 4.69. The number of nitrogens with one attached hydrogen (secondary N) is 2. The topological polar surface area (TPSA) is 117 Å². The van der Waals surface area contributed by atoms with E-state index < -0.39 is 5.82 Å². The monoisotopic (exact) mass is 535 g/mol. The second-order valence-electron chi connectivity index (χ2n) is 9.37. The first-order chi connectivity index (χ1) is 18.2. The number of hydrogen-bond donors (Lipinski definition) is 4. The number of urea groups is 1. The number of amides is 2. The zero-order valence-electron chi connectivity index (χ0n) is 21.4. The molecule has 0 spiro atoms. The van der Waals surface area contributed by atoms with Crippen LogP contribution in [-0.2, 0) is 7.05 Å². The number of rotatable bonds is 5. The molecular formula is C26H30FN9OS. The van der Waals surface area contributed by atoms with Gasteiger partial charge in [-0.05, 0) is 43.8 Å². The number of carbonyl (C=O) groups is 1. The Labute approximate surface area is 225 Å². The zero-order valence-corrected chi connectivity index (χ0v) is 22.3. The summed E-state index contributed by atoms with van der Waals surface area (Å²) in [5.74, 6) is -0.210. The number of thiol groups is 1. The maximum Gasteiger partial charge on any atom is 0.322 e. The van der Waals surface area contributed by atoms with Crippen LogP contribution >= 0.6 is 12.6 Å². The lowest BCUT2D eigenvalue weighted by Gasteiger charge is -2.39. The van der Waals surface area contributed by atoms with Crippen molar-refractivity contribution >= 4 is 52.4 Å². The van der Waals surface area contributed by atoms with Crippen LogP contribution in [0.1, 0.15) is 13.8 Å². The molecule has 0 radical (unpaired) electrons. The van der Waals surface area contributed by atoms with Crippen LogP contribution < -0.4 is 16.4 Å². The minimum Gasteiger partial charge on any atom is -0.398 e. The molecule has 2 aromatic carbocycles. The lowest BCUT2D eigenvalue weighted by Crippen LogP contribution is -2.54. The first-order valence-electron chi connectivity index (χ1n) is 12.4. The summed E-state index contributed by atoms with van der Waals surface area (Å²) in [4.78, 5) is 26.4. The van der Waals surface area contributed by atoms with Crippen LogP contribution in [0.5, 0.6) is 0 Å². The molecule has 0 bridgehead atoms. The zero-order chi connectivity index (χ0) is 27.0. The van der Waals surface area contributed by atoms with Gasteiger partial charge < -0.3 is 21.3 Å². The minimum atomic E-state index is -0.584. The molecule has 38 heavy (non-hydrogen) atoms. The Morgan fingerprint density at radius 2 is 2.03 bits per heavy atom. The van der Waals surface area contributed by atoms with Gasteiger partial charge in [0.2, 0.25) is 0 Å². The van der Waals surface area contributed by atoms with Crippen molar-refractivity contribution in [2.45, 2.75) is 24.8 Å². The Morgan fingerprint density at radius 3 is 2.74 bits per heavy atom. The summed E-state index contributed by atoms with van der Waals surface area (Å²) < 4.78 is 16.5. The Kier molecular flexibility index (Phi) is 7.09. The number of benzene rings is 2. The van der Waals surface area contributed by atoms with Crippen molar-refractivity contribution in [1.29, 1.82) is 0 Å². The number of likely N-dealkylation sites (N-methyl/N-ethyl adjacent to an activating group) is 1. The van der Waals surface area contributed by atoms with Crippen molar-refractivity contribution in [3.63, 3.8) is 0 Å². The highest BCUT2D eigenvalue weighted by molar-refractivity contribution is 7.80. The van der Waals surface area contributed by atoms with Crippen molar-refractivity contribution in [2.24, 2.45) is 7.05 Å². The quantitative estimate of drug-likeness (QED) is 0.222. The third kappa shape index (κ3) is 4.96. The summed E-state index contributed by atoms with van der Waals surface area (Å²) in [5, 5.41) is 11.3. The lowest BCUT2D eigenvalue weighted by atomic mass is 10.1. The van der Waals surface area contributed by atoms with E-state index in [0.717, 1.165) is 19.6 Å². The maximum absolute atomic E-state index is 14.8. The standard InChI is InChI=1S/C26H30FN9OS/c1-4-35-9-10-36(15(2)13-35)26(37)32-22-12-17-21(11-16(22)19-7-8-34(3)33-19)29-14-30-25(17)31-20-6-5-18(28)24(38)23(20)27/h5-8,11-12,14-15,38H,4,9-10,13,28H2,1-3H3,(H,32,37)(H,29,30,31)/t15-/m0/s1. The van der Waals surface area contributed by atoms with Gasteiger partial charge in [0.25, 0.3) is 0 Å². The molecule has 0 saturated carbocycles. The van der Waals surface area contributed by atoms with E-state index in [0.29, 0.717) is 40.2 Å². The molecule has 4 aromatic rings. The molecule has 2 aromatic heterocycles. The number of nitrogen functional groups attached to an aromatic ring is 1. The van der Waals surface area contributed by atoms with Crippen molar-refractivity contribution < 1.29 is 9.18 Å². The number of halogens is 1. The predicted octanol–water partition coefficient (Wildman–Crippen LogP) is 4.34. The van der Waals surface area contributed by atoms with Gasteiger partial charge in [0.15, 0.2) is 5.82 Å². The predicted molar refractivity (Wildman–Crippen MR) is 150 cm³/mol. The lowest BCUT2D eigenvalue weighted by molar-refractivity contribution is 0.112. The van der Waals surface area contributed by atoms with E-state index in [2.05, 4.69) is 50.2 Å². The van der Waals surface area contributed by atoms with Crippen molar-refractivity contribution in [1.82, 2.24) is 29.5 Å². The number of nitrogens with zero attached hydrogens (tertiary/aromatic N) is 6. The van der Waals surface area contributed by atoms with E-state index in [1.165, 1.54) is 12.4 Å². The molecule has 5 rings (SSSR count).